The Hall–Kier alpha value is -1.37. The highest BCUT2D eigenvalue weighted by molar-refractivity contribution is 7.91. The van der Waals surface area contributed by atoms with Crippen LogP contribution < -0.4 is 4.90 Å². The fourth-order valence-corrected chi connectivity index (χ4v) is 6.01. The molecule has 0 amide bonds. The normalized spacial score (nSPS) is 16.5. The number of aryl methyl sites for hydroxylation is 3. The van der Waals surface area contributed by atoms with Crippen LogP contribution in [-0.4, -0.2) is 38.9 Å². The molecule has 0 unspecified atom stereocenters. The largest absolute Gasteiger partial charge is 0.369 e. The van der Waals surface area contributed by atoms with E-state index in [2.05, 4.69) is 36.9 Å². The molecule has 1 aromatic heterocycles. The van der Waals surface area contributed by atoms with Crippen molar-refractivity contribution in [2.75, 3.05) is 31.1 Å². The molecule has 2 aromatic rings. The lowest BCUT2D eigenvalue weighted by Crippen LogP contribution is -2.48. The standard InChI is InChI=1S/C18H24N2O2S2/c1-4-17-5-6-18(23-17)24(21,22)20-9-7-19(8-10-20)16-12-14(2)11-15(3)13-16/h5-6,11-13H,4,7-10H2,1-3H3. The molecule has 1 aromatic carbocycles. The molecule has 0 spiro atoms. The average molecular weight is 365 g/mol. The van der Waals surface area contributed by atoms with Crippen LogP contribution >= 0.6 is 11.3 Å². The summed E-state index contributed by atoms with van der Waals surface area (Å²) < 4.78 is 27.7. The molecule has 1 saturated heterocycles. The van der Waals surface area contributed by atoms with Gasteiger partial charge in [0.15, 0.2) is 0 Å². The van der Waals surface area contributed by atoms with Crippen molar-refractivity contribution < 1.29 is 8.42 Å². The van der Waals surface area contributed by atoms with Crippen molar-refractivity contribution in [3.05, 3.63) is 46.3 Å². The SMILES string of the molecule is CCc1ccc(S(=O)(=O)N2CCN(c3cc(C)cc(C)c3)CC2)s1. The highest BCUT2D eigenvalue weighted by atomic mass is 32.2. The predicted molar refractivity (Wildman–Crippen MR) is 101 cm³/mol. The van der Waals surface area contributed by atoms with Crippen molar-refractivity contribution >= 4 is 27.0 Å². The van der Waals surface area contributed by atoms with Gasteiger partial charge in [-0.3, -0.25) is 0 Å². The number of rotatable bonds is 4. The molecule has 6 heteroatoms. The zero-order valence-electron chi connectivity index (χ0n) is 14.4. The molecular formula is C18H24N2O2S2. The van der Waals surface area contributed by atoms with Crippen LogP contribution in [0, 0.1) is 13.8 Å². The van der Waals surface area contributed by atoms with Crippen LogP contribution in [0.25, 0.3) is 0 Å². The Bertz CT molecular complexity index is 799. The number of hydrogen-bond acceptors (Lipinski definition) is 4. The molecule has 1 fully saturated rings. The molecule has 0 bridgehead atoms. The Morgan fingerprint density at radius 2 is 1.62 bits per heavy atom. The van der Waals surface area contributed by atoms with E-state index in [1.54, 1.807) is 10.4 Å². The molecule has 0 aliphatic carbocycles. The number of piperazine rings is 1. The Morgan fingerprint density at radius 3 is 2.17 bits per heavy atom. The third kappa shape index (κ3) is 3.50. The highest BCUT2D eigenvalue weighted by Gasteiger charge is 2.29. The minimum Gasteiger partial charge on any atom is -0.369 e. The minimum absolute atomic E-state index is 0.471. The lowest BCUT2D eigenvalue weighted by molar-refractivity contribution is 0.386. The van der Waals surface area contributed by atoms with E-state index in [0.29, 0.717) is 17.3 Å². The maximum atomic E-state index is 12.8. The molecule has 1 aliphatic heterocycles. The van der Waals surface area contributed by atoms with Crippen molar-refractivity contribution in [1.29, 1.82) is 0 Å². The van der Waals surface area contributed by atoms with E-state index in [4.69, 9.17) is 0 Å². The molecule has 1 aliphatic rings. The monoisotopic (exact) mass is 364 g/mol. The average Bonchev–Trinajstić information content (AvgIpc) is 3.04. The zero-order valence-corrected chi connectivity index (χ0v) is 16.1. The molecule has 0 atom stereocenters. The summed E-state index contributed by atoms with van der Waals surface area (Å²) in [7, 11) is -3.35. The number of benzene rings is 1. The van der Waals surface area contributed by atoms with Gasteiger partial charge in [0.25, 0.3) is 10.0 Å². The van der Waals surface area contributed by atoms with Gasteiger partial charge < -0.3 is 4.90 Å². The summed E-state index contributed by atoms with van der Waals surface area (Å²) in [4.78, 5) is 3.39. The fraction of sp³-hybridized carbons (Fsp3) is 0.444. The van der Waals surface area contributed by atoms with Gasteiger partial charge in [-0.05, 0) is 55.7 Å². The van der Waals surface area contributed by atoms with Gasteiger partial charge in [-0.25, -0.2) is 8.42 Å². The summed E-state index contributed by atoms with van der Waals surface area (Å²) in [6.07, 6.45) is 0.876. The first-order valence-electron chi connectivity index (χ1n) is 8.32. The van der Waals surface area contributed by atoms with Crippen LogP contribution in [0.1, 0.15) is 22.9 Å². The van der Waals surface area contributed by atoms with Crippen molar-refractivity contribution in [1.82, 2.24) is 4.31 Å². The first-order valence-corrected chi connectivity index (χ1v) is 10.6. The first-order chi connectivity index (χ1) is 11.4. The molecule has 0 saturated carbocycles. The second-order valence-electron chi connectivity index (χ2n) is 6.31. The summed E-state index contributed by atoms with van der Waals surface area (Å²) in [5.41, 5.74) is 3.67. The van der Waals surface area contributed by atoms with Gasteiger partial charge in [-0.15, -0.1) is 11.3 Å². The molecule has 4 nitrogen and oxygen atoms in total. The lowest BCUT2D eigenvalue weighted by Gasteiger charge is -2.35. The lowest BCUT2D eigenvalue weighted by atomic mass is 10.1. The van der Waals surface area contributed by atoms with Crippen LogP contribution in [-0.2, 0) is 16.4 Å². The second-order valence-corrected chi connectivity index (χ2v) is 9.64. The van der Waals surface area contributed by atoms with Gasteiger partial charge in [0, 0.05) is 36.7 Å². The Balaban J connectivity index is 1.72. The van der Waals surface area contributed by atoms with Gasteiger partial charge in [0.2, 0.25) is 0 Å². The number of anilines is 1. The number of sulfonamides is 1. The highest BCUT2D eigenvalue weighted by Crippen LogP contribution is 2.27. The summed E-state index contributed by atoms with van der Waals surface area (Å²) in [6.45, 7) is 8.77. The van der Waals surface area contributed by atoms with Gasteiger partial charge in [0.1, 0.15) is 4.21 Å². The van der Waals surface area contributed by atoms with E-state index in [1.165, 1.54) is 28.2 Å². The smallest absolute Gasteiger partial charge is 0.252 e. The molecule has 130 valence electrons. The van der Waals surface area contributed by atoms with Crippen molar-refractivity contribution in [3.8, 4) is 0 Å². The molecule has 0 radical (unpaired) electrons. The van der Waals surface area contributed by atoms with E-state index in [-0.39, 0.29) is 0 Å². The van der Waals surface area contributed by atoms with E-state index >= 15 is 0 Å². The van der Waals surface area contributed by atoms with Crippen LogP contribution in [0.3, 0.4) is 0 Å². The maximum absolute atomic E-state index is 12.8. The number of thiophene rings is 1. The Labute approximate surface area is 148 Å². The summed E-state index contributed by atoms with van der Waals surface area (Å²) in [5.74, 6) is 0. The van der Waals surface area contributed by atoms with E-state index in [9.17, 15) is 8.42 Å². The Morgan fingerprint density at radius 1 is 1.00 bits per heavy atom. The molecule has 3 rings (SSSR count). The summed E-state index contributed by atoms with van der Waals surface area (Å²) in [6, 6.07) is 10.2. The number of hydrogen-bond donors (Lipinski definition) is 0. The predicted octanol–water partition coefficient (Wildman–Crippen LogP) is 3.44. The van der Waals surface area contributed by atoms with Crippen molar-refractivity contribution in [3.63, 3.8) is 0 Å². The topological polar surface area (TPSA) is 40.6 Å². The van der Waals surface area contributed by atoms with Gasteiger partial charge in [0.05, 0.1) is 0 Å². The van der Waals surface area contributed by atoms with Crippen LogP contribution in [0.4, 0.5) is 5.69 Å². The number of nitrogens with zero attached hydrogens (tertiary/aromatic N) is 2. The second kappa shape index (κ2) is 6.86. The minimum atomic E-state index is -3.35. The zero-order chi connectivity index (χ0) is 17.3. The van der Waals surface area contributed by atoms with E-state index in [0.717, 1.165) is 24.4 Å². The van der Waals surface area contributed by atoms with Gasteiger partial charge >= 0.3 is 0 Å². The van der Waals surface area contributed by atoms with Crippen molar-refractivity contribution in [2.24, 2.45) is 0 Å². The quantitative estimate of drug-likeness (QED) is 0.834. The molecule has 0 N–H and O–H groups in total. The Kier molecular flexibility index (Phi) is 4.99. The third-order valence-corrected chi connectivity index (χ3v) is 7.99. The van der Waals surface area contributed by atoms with Crippen LogP contribution in [0.15, 0.2) is 34.5 Å². The molecule has 24 heavy (non-hydrogen) atoms. The van der Waals surface area contributed by atoms with Crippen molar-refractivity contribution in [2.45, 2.75) is 31.4 Å². The van der Waals surface area contributed by atoms with E-state index in [1.807, 2.05) is 13.0 Å². The van der Waals surface area contributed by atoms with Crippen LogP contribution in [0.2, 0.25) is 0 Å². The third-order valence-electron chi connectivity index (χ3n) is 4.39. The summed E-state index contributed by atoms with van der Waals surface area (Å²) in [5, 5.41) is 0. The van der Waals surface area contributed by atoms with Gasteiger partial charge in [-0.2, -0.15) is 4.31 Å². The summed E-state index contributed by atoms with van der Waals surface area (Å²) >= 11 is 1.39. The van der Waals surface area contributed by atoms with Crippen LogP contribution in [0.5, 0.6) is 0 Å². The van der Waals surface area contributed by atoms with Gasteiger partial charge in [-0.1, -0.05) is 13.0 Å². The van der Waals surface area contributed by atoms with E-state index < -0.39 is 10.0 Å². The molecule has 2 heterocycles. The maximum Gasteiger partial charge on any atom is 0.252 e. The molecular weight excluding hydrogens is 340 g/mol. The fourth-order valence-electron chi connectivity index (χ4n) is 3.13. The first kappa shape index (κ1) is 17.5.